The van der Waals surface area contributed by atoms with Crippen molar-refractivity contribution in [3.63, 3.8) is 0 Å². The zero-order chi connectivity index (χ0) is 34.2. The van der Waals surface area contributed by atoms with Crippen LogP contribution in [0.3, 0.4) is 0 Å². The number of hydrogen-bond donors (Lipinski definition) is 0. The molecule has 0 N–H and O–H groups in total. The number of benzene rings is 7. The molecule has 3 heteroatoms. The van der Waals surface area contributed by atoms with Gasteiger partial charge >= 0.3 is 0 Å². The SMILES string of the molecule is CC1(C)CCC(C)(C)c2cc3c(cc21)c1c2c4c5ccccc5ccc4n(-c4ccccc4)c2ccc1n3-c1ccc2oc3ccccc3c2c1. The third-order valence-corrected chi connectivity index (χ3v) is 12.2. The smallest absolute Gasteiger partial charge is 0.135 e. The second-order valence-corrected chi connectivity index (χ2v) is 16.0. The van der Waals surface area contributed by atoms with E-state index in [1.54, 1.807) is 0 Å². The van der Waals surface area contributed by atoms with Crippen LogP contribution in [0.1, 0.15) is 51.7 Å². The van der Waals surface area contributed by atoms with Crippen molar-refractivity contribution in [2.24, 2.45) is 0 Å². The van der Waals surface area contributed by atoms with Crippen molar-refractivity contribution < 1.29 is 4.42 Å². The molecule has 1 aliphatic carbocycles. The fraction of sp³-hybridized carbons (Fsp3) is 0.167. The molecule has 1 aliphatic rings. The molecule has 0 bridgehead atoms. The average molecular weight is 659 g/mol. The van der Waals surface area contributed by atoms with E-state index in [0.717, 1.165) is 27.6 Å². The molecule has 0 unspecified atom stereocenters. The predicted molar refractivity (Wildman–Crippen MR) is 215 cm³/mol. The quantitative estimate of drug-likeness (QED) is 0.181. The molecule has 246 valence electrons. The van der Waals surface area contributed by atoms with E-state index >= 15 is 0 Å². The first kappa shape index (κ1) is 29.0. The Hall–Kier alpha value is -5.80. The van der Waals surface area contributed by atoms with Crippen LogP contribution in [0.4, 0.5) is 0 Å². The Morgan fingerprint density at radius 3 is 1.80 bits per heavy atom. The molecule has 0 aliphatic heterocycles. The highest BCUT2D eigenvalue weighted by Crippen LogP contribution is 2.51. The second kappa shape index (κ2) is 9.92. The van der Waals surface area contributed by atoms with E-state index in [2.05, 4.69) is 164 Å². The summed E-state index contributed by atoms with van der Waals surface area (Å²) < 4.78 is 11.3. The molecule has 3 heterocycles. The molecule has 0 radical (unpaired) electrons. The zero-order valence-corrected chi connectivity index (χ0v) is 29.4. The molecular weight excluding hydrogens is 621 g/mol. The molecule has 3 nitrogen and oxygen atoms in total. The Morgan fingerprint density at radius 2 is 1.02 bits per heavy atom. The Kier molecular flexibility index (Phi) is 5.64. The van der Waals surface area contributed by atoms with E-state index in [1.807, 2.05) is 6.07 Å². The maximum Gasteiger partial charge on any atom is 0.135 e. The van der Waals surface area contributed by atoms with Crippen molar-refractivity contribution in [3.8, 4) is 11.4 Å². The van der Waals surface area contributed by atoms with Gasteiger partial charge in [-0.3, -0.25) is 0 Å². The first-order valence-electron chi connectivity index (χ1n) is 18.2. The fourth-order valence-electron chi connectivity index (χ4n) is 9.42. The molecule has 7 aromatic carbocycles. The lowest BCUT2D eigenvalue weighted by molar-refractivity contribution is 0.332. The highest BCUT2D eigenvalue weighted by Gasteiger charge is 2.38. The first-order valence-corrected chi connectivity index (χ1v) is 18.2. The van der Waals surface area contributed by atoms with Crippen LogP contribution >= 0.6 is 0 Å². The number of nitrogens with zero attached hydrogens (tertiary/aromatic N) is 2. The number of para-hydroxylation sites is 2. The van der Waals surface area contributed by atoms with Gasteiger partial charge < -0.3 is 13.6 Å². The van der Waals surface area contributed by atoms with Crippen LogP contribution in [0, 0.1) is 0 Å². The average Bonchev–Trinajstić information content (AvgIpc) is 3.80. The standard InChI is InChI=1S/C48H38N2O/c1-47(2)24-25-48(3,4)37-28-41-35(27-36(37)47)45-39(50(41)31-19-23-43-34(26-31)33-16-10-11-17-42(33)51-43)21-22-40-46(45)44-32-15-9-8-12-29(32)18-20-38(44)49(40)30-13-6-5-7-14-30/h5-23,26-28H,24-25H2,1-4H3. The van der Waals surface area contributed by atoms with Gasteiger partial charge in [0, 0.05) is 43.7 Å². The van der Waals surface area contributed by atoms with E-state index < -0.39 is 0 Å². The lowest BCUT2D eigenvalue weighted by Crippen LogP contribution is -2.33. The third kappa shape index (κ3) is 3.89. The van der Waals surface area contributed by atoms with Gasteiger partial charge in [-0.25, -0.2) is 0 Å². The molecule has 0 atom stereocenters. The van der Waals surface area contributed by atoms with Crippen LogP contribution in [0.15, 0.2) is 138 Å². The summed E-state index contributed by atoms with van der Waals surface area (Å²) >= 11 is 0. The fourth-order valence-corrected chi connectivity index (χ4v) is 9.42. The van der Waals surface area contributed by atoms with Crippen molar-refractivity contribution in [1.82, 2.24) is 9.13 Å². The maximum atomic E-state index is 6.30. The summed E-state index contributed by atoms with van der Waals surface area (Å²) in [4.78, 5) is 0. The lowest BCUT2D eigenvalue weighted by atomic mass is 9.63. The number of fused-ring (bicyclic) bond motifs is 13. The molecular formula is C48H38N2O. The normalized spacial score (nSPS) is 15.6. The monoisotopic (exact) mass is 658 g/mol. The van der Waals surface area contributed by atoms with Gasteiger partial charge in [-0.2, -0.15) is 0 Å². The van der Waals surface area contributed by atoms with Gasteiger partial charge in [0.1, 0.15) is 11.2 Å². The van der Waals surface area contributed by atoms with E-state index in [-0.39, 0.29) is 10.8 Å². The van der Waals surface area contributed by atoms with E-state index in [9.17, 15) is 0 Å². The van der Waals surface area contributed by atoms with Gasteiger partial charge in [0.25, 0.3) is 0 Å². The van der Waals surface area contributed by atoms with Gasteiger partial charge in [-0.1, -0.05) is 94.4 Å². The molecule has 11 rings (SSSR count). The van der Waals surface area contributed by atoms with Crippen LogP contribution < -0.4 is 0 Å². The highest BCUT2D eigenvalue weighted by atomic mass is 16.3. The van der Waals surface area contributed by atoms with E-state index in [4.69, 9.17) is 4.42 Å². The summed E-state index contributed by atoms with van der Waals surface area (Å²) in [7, 11) is 0. The summed E-state index contributed by atoms with van der Waals surface area (Å²) in [5, 5.41) is 10.1. The third-order valence-electron chi connectivity index (χ3n) is 12.2. The molecule has 0 saturated carbocycles. The van der Waals surface area contributed by atoms with E-state index in [0.29, 0.717) is 0 Å². The predicted octanol–water partition coefficient (Wildman–Crippen LogP) is 13.3. The molecule has 0 saturated heterocycles. The first-order chi connectivity index (χ1) is 24.8. The van der Waals surface area contributed by atoms with Gasteiger partial charge in [0.2, 0.25) is 0 Å². The molecule has 0 amide bonds. The van der Waals surface area contributed by atoms with Crippen LogP contribution in [0.5, 0.6) is 0 Å². The zero-order valence-electron chi connectivity index (χ0n) is 29.4. The Labute approximate surface area is 296 Å². The maximum absolute atomic E-state index is 6.30. The van der Waals surface area contributed by atoms with Crippen molar-refractivity contribution in [2.75, 3.05) is 0 Å². The Bertz CT molecular complexity index is 3080. The highest BCUT2D eigenvalue weighted by molar-refractivity contribution is 6.33. The van der Waals surface area contributed by atoms with Gasteiger partial charge in [0.15, 0.2) is 0 Å². The minimum absolute atomic E-state index is 0.0832. The van der Waals surface area contributed by atoms with Crippen molar-refractivity contribution >= 4 is 76.3 Å². The van der Waals surface area contributed by atoms with Gasteiger partial charge in [-0.15, -0.1) is 0 Å². The topological polar surface area (TPSA) is 23.0 Å². The Balaban J connectivity index is 1.38. The molecule has 51 heavy (non-hydrogen) atoms. The van der Waals surface area contributed by atoms with Crippen LogP contribution in [-0.4, -0.2) is 9.13 Å². The van der Waals surface area contributed by atoms with Crippen molar-refractivity contribution in [3.05, 3.63) is 145 Å². The molecule has 10 aromatic rings. The van der Waals surface area contributed by atoms with Crippen LogP contribution in [0.25, 0.3) is 87.7 Å². The summed E-state index contributed by atoms with van der Waals surface area (Å²) in [6.45, 7) is 9.74. The Morgan fingerprint density at radius 1 is 0.431 bits per heavy atom. The summed E-state index contributed by atoms with van der Waals surface area (Å²) in [5.41, 5.74) is 12.2. The number of aromatic nitrogens is 2. The van der Waals surface area contributed by atoms with Gasteiger partial charge in [-0.05, 0) is 112 Å². The summed E-state index contributed by atoms with van der Waals surface area (Å²) in [5.74, 6) is 0. The van der Waals surface area contributed by atoms with Crippen molar-refractivity contribution in [1.29, 1.82) is 0 Å². The minimum Gasteiger partial charge on any atom is -0.456 e. The summed E-state index contributed by atoms with van der Waals surface area (Å²) in [6, 6.07) is 49.3. The van der Waals surface area contributed by atoms with Gasteiger partial charge in [0.05, 0.1) is 22.1 Å². The molecule has 3 aromatic heterocycles. The number of furan rings is 1. The van der Waals surface area contributed by atoms with E-state index in [1.165, 1.54) is 84.0 Å². The number of rotatable bonds is 2. The lowest BCUT2D eigenvalue weighted by Gasteiger charge is -2.42. The largest absolute Gasteiger partial charge is 0.456 e. The van der Waals surface area contributed by atoms with Crippen LogP contribution in [0.2, 0.25) is 0 Å². The second-order valence-electron chi connectivity index (χ2n) is 16.0. The van der Waals surface area contributed by atoms with Crippen molar-refractivity contribution in [2.45, 2.75) is 51.4 Å². The number of hydrogen-bond acceptors (Lipinski definition) is 1. The summed E-state index contributed by atoms with van der Waals surface area (Å²) in [6.07, 6.45) is 2.35. The molecule has 0 fully saturated rings. The van der Waals surface area contributed by atoms with Crippen LogP contribution in [-0.2, 0) is 10.8 Å². The molecule has 0 spiro atoms. The minimum atomic E-state index is 0.0832.